The number of non-ortho nitro benzene ring substituents is 1. The Bertz CT molecular complexity index is 765. The van der Waals surface area contributed by atoms with Gasteiger partial charge in [0, 0.05) is 22.2 Å². The van der Waals surface area contributed by atoms with E-state index >= 15 is 0 Å². The molecule has 0 aromatic heterocycles. The van der Waals surface area contributed by atoms with Gasteiger partial charge in [-0.15, -0.1) is 0 Å². The number of hydrogen-bond acceptors (Lipinski definition) is 4. The van der Waals surface area contributed by atoms with Gasteiger partial charge < -0.3 is 10.6 Å². The summed E-state index contributed by atoms with van der Waals surface area (Å²) in [6.45, 7) is 0.161. The van der Waals surface area contributed by atoms with Crippen LogP contribution in [0.15, 0.2) is 48.5 Å². The Morgan fingerprint density at radius 3 is 2.46 bits per heavy atom. The van der Waals surface area contributed by atoms with Crippen molar-refractivity contribution in [1.29, 1.82) is 0 Å². The van der Waals surface area contributed by atoms with Crippen molar-refractivity contribution in [2.75, 3.05) is 6.54 Å². The summed E-state index contributed by atoms with van der Waals surface area (Å²) in [5.41, 5.74) is 0.945. The first-order valence-electron chi connectivity index (χ1n) is 7.00. The lowest BCUT2D eigenvalue weighted by Crippen LogP contribution is -2.36. The third-order valence-corrected chi connectivity index (χ3v) is 4.09. The summed E-state index contributed by atoms with van der Waals surface area (Å²) >= 11 is 1.91. The molecule has 0 heterocycles. The number of benzene rings is 2. The molecule has 0 aliphatic carbocycles. The number of rotatable bonds is 6. The molecule has 0 spiro atoms. The molecule has 124 valence electrons. The van der Waals surface area contributed by atoms with Crippen molar-refractivity contribution in [1.82, 2.24) is 10.6 Å². The van der Waals surface area contributed by atoms with E-state index in [1.165, 1.54) is 18.2 Å². The van der Waals surface area contributed by atoms with Gasteiger partial charge in [-0.1, -0.05) is 30.3 Å². The molecule has 0 aliphatic rings. The van der Waals surface area contributed by atoms with Gasteiger partial charge >= 0.3 is 0 Å². The van der Waals surface area contributed by atoms with Gasteiger partial charge in [0.05, 0.1) is 17.0 Å². The predicted molar refractivity (Wildman–Crippen MR) is 96.4 cm³/mol. The third kappa shape index (κ3) is 5.01. The van der Waals surface area contributed by atoms with E-state index in [4.69, 9.17) is 0 Å². The first-order chi connectivity index (χ1) is 11.5. The number of nitrogens with one attached hydrogen (secondary N) is 2. The minimum absolute atomic E-state index is 0.167. The summed E-state index contributed by atoms with van der Waals surface area (Å²) in [5, 5.41) is 15.9. The first kappa shape index (κ1) is 17.9. The number of nitro benzene ring substituents is 1. The topological polar surface area (TPSA) is 101 Å². The van der Waals surface area contributed by atoms with Crippen molar-refractivity contribution < 1.29 is 14.5 Å². The van der Waals surface area contributed by atoms with E-state index in [-0.39, 0.29) is 23.7 Å². The lowest BCUT2D eigenvalue weighted by Gasteiger charge is -2.08. The molecule has 0 aliphatic heterocycles. The SMILES string of the molecule is O=C(CNC(=O)c1cc([N+](=O)[O-])ccc1I)NCc1ccccc1. The van der Waals surface area contributed by atoms with Crippen LogP contribution in [0.3, 0.4) is 0 Å². The standard InChI is InChI=1S/C16H14IN3O4/c17-14-7-6-12(20(23)24)8-13(14)16(22)19-10-15(21)18-9-11-4-2-1-3-5-11/h1-8H,9-10H2,(H,18,21)(H,19,22). The highest BCUT2D eigenvalue weighted by atomic mass is 127. The normalized spacial score (nSPS) is 10.0. The van der Waals surface area contributed by atoms with Crippen molar-refractivity contribution in [2.45, 2.75) is 6.54 Å². The molecule has 0 atom stereocenters. The molecule has 0 unspecified atom stereocenters. The van der Waals surface area contributed by atoms with Gasteiger partial charge in [-0.05, 0) is 34.2 Å². The Balaban J connectivity index is 1.89. The molecule has 0 bridgehead atoms. The lowest BCUT2D eigenvalue weighted by molar-refractivity contribution is -0.384. The summed E-state index contributed by atoms with van der Waals surface area (Å²) < 4.78 is 0.570. The number of nitro groups is 1. The van der Waals surface area contributed by atoms with E-state index in [2.05, 4.69) is 10.6 Å². The van der Waals surface area contributed by atoms with Gasteiger partial charge in [0.15, 0.2) is 0 Å². The van der Waals surface area contributed by atoms with Crippen LogP contribution in [0.25, 0.3) is 0 Å². The molecule has 2 amide bonds. The number of halogens is 1. The molecule has 2 aromatic carbocycles. The maximum absolute atomic E-state index is 12.1. The first-order valence-corrected chi connectivity index (χ1v) is 8.08. The Hall–Kier alpha value is -2.49. The maximum Gasteiger partial charge on any atom is 0.270 e. The highest BCUT2D eigenvalue weighted by Crippen LogP contribution is 2.19. The van der Waals surface area contributed by atoms with E-state index < -0.39 is 10.8 Å². The van der Waals surface area contributed by atoms with E-state index in [1.54, 1.807) is 0 Å². The Kier molecular flexibility index (Phi) is 6.24. The summed E-state index contributed by atoms with van der Waals surface area (Å²) in [4.78, 5) is 34.1. The molecule has 24 heavy (non-hydrogen) atoms. The van der Waals surface area contributed by atoms with Crippen LogP contribution in [-0.4, -0.2) is 23.3 Å². The summed E-state index contributed by atoms with van der Waals surface area (Å²) in [5.74, 6) is -0.870. The molecule has 0 saturated heterocycles. The summed E-state index contributed by atoms with van der Waals surface area (Å²) in [7, 11) is 0. The van der Waals surface area contributed by atoms with Gasteiger partial charge in [-0.25, -0.2) is 0 Å². The molecule has 0 saturated carbocycles. The van der Waals surface area contributed by atoms with E-state index in [9.17, 15) is 19.7 Å². The number of carbonyl (C=O) groups excluding carboxylic acids is 2. The van der Waals surface area contributed by atoms with Gasteiger partial charge in [-0.3, -0.25) is 19.7 Å². The van der Waals surface area contributed by atoms with E-state index in [0.29, 0.717) is 10.1 Å². The van der Waals surface area contributed by atoms with Crippen LogP contribution < -0.4 is 10.6 Å². The van der Waals surface area contributed by atoms with Crippen LogP contribution in [-0.2, 0) is 11.3 Å². The average Bonchev–Trinajstić information content (AvgIpc) is 2.59. The third-order valence-electron chi connectivity index (χ3n) is 3.15. The van der Waals surface area contributed by atoms with E-state index in [0.717, 1.165) is 5.56 Å². The largest absolute Gasteiger partial charge is 0.350 e. The second-order valence-corrected chi connectivity index (χ2v) is 6.03. The Morgan fingerprint density at radius 2 is 1.79 bits per heavy atom. The fourth-order valence-electron chi connectivity index (χ4n) is 1.92. The fourth-order valence-corrected chi connectivity index (χ4v) is 2.50. The van der Waals surface area contributed by atoms with E-state index in [1.807, 2.05) is 52.9 Å². The van der Waals surface area contributed by atoms with Gasteiger partial charge in [0.25, 0.3) is 11.6 Å². The second kappa shape index (κ2) is 8.39. The van der Waals surface area contributed by atoms with Crippen molar-refractivity contribution in [3.05, 3.63) is 73.3 Å². The Labute approximate surface area is 151 Å². The second-order valence-electron chi connectivity index (χ2n) is 4.87. The number of hydrogen-bond donors (Lipinski definition) is 2. The molecule has 8 heteroatoms. The van der Waals surface area contributed by atoms with Crippen LogP contribution in [0.5, 0.6) is 0 Å². The fraction of sp³-hybridized carbons (Fsp3) is 0.125. The molecular formula is C16H14IN3O4. The zero-order valence-electron chi connectivity index (χ0n) is 12.5. The number of amides is 2. The average molecular weight is 439 g/mol. The monoisotopic (exact) mass is 439 g/mol. The number of nitrogens with zero attached hydrogens (tertiary/aromatic N) is 1. The lowest BCUT2D eigenvalue weighted by atomic mass is 10.2. The van der Waals surface area contributed by atoms with Gasteiger partial charge in [0.1, 0.15) is 0 Å². The van der Waals surface area contributed by atoms with Crippen molar-refractivity contribution >= 4 is 40.1 Å². The molecule has 0 fully saturated rings. The molecule has 7 nitrogen and oxygen atoms in total. The summed E-state index contributed by atoms with van der Waals surface area (Å²) in [6.07, 6.45) is 0. The minimum atomic E-state index is -0.570. The molecule has 0 radical (unpaired) electrons. The molecular weight excluding hydrogens is 425 g/mol. The maximum atomic E-state index is 12.1. The molecule has 2 rings (SSSR count). The smallest absolute Gasteiger partial charge is 0.270 e. The van der Waals surface area contributed by atoms with Crippen LogP contribution >= 0.6 is 22.6 Å². The van der Waals surface area contributed by atoms with Crippen LogP contribution in [0, 0.1) is 13.7 Å². The highest BCUT2D eigenvalue weighted by molar-refractivity contribution is 14.1. The summed E-state index contributed by atoms with van der Waals surface area (Å²) in [6, 6.07) is 13.4. The van der Waals surface area contributed by atoms with Crippen molar-refractivity contribution in [3.63, 3.8) is 0 Å². The zero-order valence-corrected chi connectivity index (χ0v) is 14.6. The Morgan fingerprint density at radius 1 is 1.08 bits per heavy atom. The highest BCUT2D eigenvalue weighted by Gasteiger charge is 2.16. The molecule has 2 N–H and O–H groups in total. The van der Waals surface area contributed by atoms with Crippen LogP contribution in [0.2, 0.25) is 0 Å². The van der Waals surface area contributed by atoms with Crippen LogP contribution in [0.1, 0.15) is 15.9 Å². The zero-order chi connectivity index (χ0) is 17.5. The van der Waals surface area contributed by atoms with Crippen LogP contribution in [0.4, 0.5) is 5.69 Å². The van der Waals surface area contributed by atoms with Gasteiger partial charge in [-0.2, -0.15) is 0 Å². The number of carbonyl (C=O) groups is 2. The van der Waals surface area contributed by atoms with Crippen molar-refractivity contribution in [3.8, 4) is 0 Å². The quantitative estimate of drug-likeness (QED) is 0.410. The molecule has 2 aromatic rings. The predicted octanol–water partition coefficient (Wildman–Crippen LogP) is 2.25. The van der Waals surface area contributed by atoms with Gasteiger partial charge in [0.2, 0.25) is 5.91 Å². The van der Waals surface area contributed by atoms with Crippen molar-refractivity contribution in [2.24, 2.45) is 0 Å². The minimum Gasteiger partial charge on any atom is -0.350 e.